The molecule has 0 aliphatic carbocycles. The average Bonchev–Trinajstić information content (AvgIpc) is 2.42. The SMILES string of the molecule is CCCNC(CCC)C(C)CCc1ccccc1. The second kappa shape index (κ2) is 9.16. The Labute approximate surface area is 113 Å². The topological polar surface area (TPSA) is 12.0 Å². The van der Waals surface area contributed by atoms with Gasteiger partial charge in [0.2, 0.25) is 0 Å². The van der Waals surface area contributed by atoms with Crippen LogP contribution >= 0.6 is 0 Å². The molecule has 1 aromatic carbocycles. The third-order valence-corrected chi connectivity index (χ3v) is 3.67. The standard InChI is InChI=1S/C17H29N/c1-4-9-17(18-14-5-2)15(3)12-13-16-10-7-6-8-11-16/h6-8,10-11,15,17-18H,4-5,9,12-14H2,1-3H3. The minimum Gasteiger partial charge on any atom is -0.314 e. The molecule has 102 valence electrons. The highest BCUT2D eigenvalue weighted by molar-refractivity contribution is 5.14. The lowest BCUT2D eigenvalue weighted by Gasteiger charge is -2.25. The molecular weight excluding hydrogens is 218 g/mol. The third-order valence-electron chi connectivity index (χ3n) is 3.67. The van der Waals surface area contributed by atoms with Crippen molar-refractivity contribution >= 4 is 0 Å². The van der Waals surface area contributed by atoms with Crippen LogP contribution in [0.2, 0.25) is 0 Å². The number of hydrogen-bond acceptors (Lipinski definition) is 1. The summed E-state index contributed by atoms with van der Waals surface area (Å²) in [6.45, 7) is 8.07. The van der Waals surface area contributed by atoms with E-state index in [-0.39, 0.29) is 0 Å². The van der Waals surface area contributed by atoms with Crippen molar-refractivity contribution in [3.8, 4) is 0 Å². The van der Waals surface area contributed by atoms with Gasteiger partial charge < -0.3 is 5.32 Å². The first-order valence-corrected chi connectivity index (χ1v) is 7.55. The molecule has 0 saturated heterocycles. The first-order chi connectivity index (χ1) is 8.77. The van der Waals surface area contributed by atoms with E-state index in [9.17, 15) is 0 Å². The van der Waals surface area contributed by atoms with Crippen LogP contribution in [0.15, 0.2) is 30.3 Å². The van der Waals surface area contributed by atoms with E-state index in [1.165, 1.54) is 37.7 Å². The zero-order chi connectivity index (χ0) is 13.2. The van der Waals surface area contributed by atoms with Crippen LogP contribution in [-0.2, 0) is 6.42 Å². The van der Waals surface area contributed by atoms with E-state index in [1.54, 1.807) is 0 Å². The van der Waals surface area contributed by atoms with Gasteiger partial charge in [-0.2, -0.15) is 0 Å². The molecule has 0 saturated carbocycles. The smallest absolute Gasteiger partial charge is 0.00927 e. The van der Waals surface area contributed by atoms with Crippen molar-refractivity contribution in [1.82, 2.24) is 5.32 Å². The lowest BCUT2D eigenvalue weighted by atomic mass is 9.91. The molecule has 18 heavy (non-hydrogen) atoms. The van der Waals surface area contributed by atoms with Crippen LogP contribution in [0.1, 0.15) is 52.0 Å². The molecule has 0 aromatic heterocycles. The summed E-state index contributed by atoms with van der Waals surface area (Å²) in [6.07, 6.45) is 6.29. The van der Waals surface area contributed by atoms with Gasteiger partial charge >= 0.3 is 0 Å². The van der Waals surface area contributed by atoms with Gasteiger partial charge in [-0.1, -0.05) is 57.5 Å². The molecule has 1 rings (SSSR count). The fourth-order valence-electron chi connectivity index (χ4n) is 2.47. The van der Waals surface area contributed by atoms with Gasteiger partial charge in [0.25, 0.3) is 0 Å². The molecule has 0 fully saturated rings. The van der Waals surface area contributed by atoms with Gasteiger partial charge in [0.15, 0.2) is 0 Å². The maximum absolute atomic E-state index is 3.71. The fraction of sp³-hybridized carbons (Fsp3) is 0.647. The zero-order valence-electron chi connectivity index (χ0n) is 12.3. The number of aryl methyl sites for hydroxylation is 1. The molecule has 0 aliphatic heterocycles. The van der Waals surface area contributed by atoms with Gasteiger partial charge in [0.05, 0.1) is 0 Å². The van der Waals surface area contributed by atoms with Crippen molar-refractivity contribution in [2.75, 3.05) is 6.54 Å². The molecule has 0 aliphatic rings. The van der Waals surface area contributed by atoms with E-state index >= 15 is 0 Å². The Bertz CT molecular complexity index is 294. The van der Waals surface area contributed by atoms with E-state index in [1.807, 2.05) is 0 Å². The predicted molar refractivity (Wildman–Crippen MR) is 80.9 cm³/mol. The van der Waals surface area contributed by atoms with Crippen molar-refractivity contribution < 1.29 is 0 Å². The molecule has 1 aromatic rings. The Morgan fingerprint density at radius 1 is 1.00 bits per heavy atom. The van der Waals surface area contributed by atoms with Gasteiger partial charge in [-0.3, -0.25) is 0 Å². The molecular formula is C17H29N. The summed E-state index contributed by atoms with van der Waals surface area (Å²) in [5.41, 5.74) is 1.47. The van der Waals surface area contributed by atoms with E-state index in [2.05, 4.69) is 56.4 Å². The molecule has 0 radical (unpaired) electrons. The minimum absolute atomic E-state index is 0.693. The molecule has 1 nitrogen and oxygen atoms in total. The highest BCUT2D eigenvalue weighted by atomic mass is 14.9. The summed E-state index contributed by atoms with van der Waals surface area (Å²) in [4.78, 5) is 0. The Kier molecular flexibility index (Phi) is 7.75. The van der Waals surface area contributed by atoms with Gasteiger partial charge in [0.1, 0.15) is 0 Å². The lowest BCUT2D eigenvalue weighted by Crippen LogP contribution is -2.35. The first-order valence-electron chi connectivity index (χ1n) is 7.55. The molecule has 0 spiro atoms. The molecule has 2 atom stereocenters. The lowest BCUT2D eigenvalue weighted by molar-refractivity contribution is 0.337. The van der Waals surface area contributed by atoms with E-state index in [0.717, 1.165) is 12.5 Å². The van der Waals surface area contributed by atoms with Gasteiger partial charge in [-0.25, -0.2) is 0 Å². The third kappa shape index (κ3) is 5.68. The van der Waals surface area contributed by atoms with Crippen LogP contribution in [0.4, 0.5) is 0 Å². The molecule has 1 N–H and O–H groups in total. The highest BCUT2D eigenvalue weighted by Gasteiger charge is 2.15. The fourth-order valence-corrected chi connectivity index (χ4v) is 2.47. The van der Waals surface area contributed by atoms with E-state index in [0.29, 0.717) is 6.04 Å². The van der Waals surface area contributed by atoms with Crippen LogP contribution in [0.3, 0.4) is 0 Å². The molecule has 1 heteroatoms. The summed E-state index contributed by atoms with van der Waals surface area (Å²) in [6, 6.07) is 11.5. The number of nitrogens with one attached hydrogen (secondary N) is 1. The van der Waals surface area contributed by atoms with Crippen molar-refractivity contribution in [2.45, 2.75) is 58.9 Å². The molecule has 0 amide bonds. The molecule has 0 heterocycles. The second-order valence-electron chi connectivity index (χ2n) is 5.35. The van der Waals surface area contributed by atoms with E-state index < -0.39 is 0 Å². The largest absolute Gasteiger partial charge is 0.314 e. The zero-order valence-corrected chi connectivity index (χ0v) is 12.3. The maximum Gasteiger partial charge on any atom is 0.00927 e. The Hall–Kier alpha value is -0.820. The number of benzene rings is 1. The van der Waals surface area contributed by atoms with Crippen LogP contribution in [0.25, 0.3) is 0 Å². The minimum atomic E-state index is 0.693. The first kappa shape index (κ1) is 15.2. The summed E-state index contributed by atoms with van der Waals surface area (Å²) < 4.78 is 0. The van der Waals surface area contributed by atoms with Gasteiger partial charge in [-0.15, -0.1) is 0 Å². The second-order valence-corrected chi connectivity index (χ2v) is 5.35. The van der Waals surface area contributed by atoms with Crippen LogP contribution in [0, 0.1) is 5.92 Å². The van der Waals surface area contributed by atoms with Crippen LogP contribution in [0.5, 0.6) is 0 Å². The molecule has 0 bridgehead atoms. The van der Waals surface area contributed by atoms with Gasteiger partial charge in [0, 0.05) is 6.04 Å². The number of hydrogen-bond donors (Lipinski definition) is 1. The summed E-state index contributed by atoms with van der Waals surface area (Å²) >= 11 is 0. The van der Waals surface area contributed by atoms with Crippen molar-refractivity contribution in [3.05, 3.63) is 35.9 Å². The summed E-state index contributed by atoms with van der Waals surface area (Å²) in [5, 5.41) is 3.71. The monoisotopic (exact) mass is 247 g/mol. The Morgan fingerprint density at radius 3 is 2.33 bits per heavy atom. The Balaban J connectivity index is 2.38. The average molecular weight is 247 g/mol. The predicted octanol–water partition coefficient (Wildman–Crippen LogP) is 4.42. The van der Waals surface area contributed by atoms with E-state index in [4.69, 9.17) is 0 Å². The maximum atomic E-state index is 3.71. The van der Waals surface area contributed by atoms with Gasteiger partial charge in [-0.05, 0) is 43.7 Å². The Morgan fingerprint density at radius 2 is 1.72 bits per heavy atom. The van der Waals surface area contributed by atoms with Crippen molar-refractivity contribution in [3.63, 3.8) is 0 Å². The summed E-state index contributed by atoms with van der Waals surface area (Å²) in [5.74, 6) is 0.761. The van der Waals surface area contributed by atoms with Crippen molar-refractivity contribution in [2.24, 2.45) is 5.92 Å². The number of rotatable bonds is 9. The van der Waals surface area contributed by atoms with Crippen molar-refractivity contribution in [1.29, 1.82) is 0 Å². The highest BCUT2D eigenvalue weighted by Crippen LogP contribution is 2.16. The van der Waals surface area contributed by atoms with Crippen LogP contribution in [-0.4, -0.2) is 12.6 Å². The quantitative estimate of drug-likeness (QED) is 0.681. The molecule has 2 unspecified atom stereocenters. The normalized spacial score (nSPS) is 14.4. The summed E-state index contributed by atoms with van der Waals surface area (Å²) in [7, 11) is 0. The van der Waals surface area contributed by atoms with Crippen LogP contribution < -0.4 is 5.32 Å².